The first-order valence-electron chi connectivity index (χ1n) is 8.28. The van der Waals surface area contributed by atoms with Gasteiger partial charge >= 0.3 is 0 Å². The van der Waals surface area contributed by atoms with E-state index in [4.69, 9.17) is 0 Å². The number of rotatable bonds is 7. The van der Waals surface area contributed by atoms with E-state index in [1.54, 1.807) is 4.90 Å². The maximum atomic E-state index is 11.9. The highest BCUT2D eigenvalue weighted by Crippen LogP contribution is 2.05. The Labute approximate surface area is 141 Å². The van der Waals surface area contributed by atoms with Gasteiger partial charge in [0.05, 0.1) is 11.4 Å². The number of hydrogen-bond donors (Lipinski definition) is 4. The van der Waals surface area contributed by atoms with Crippen LogP contribution >= 0.6 is 11.3 Å². The first-order valence-corrected chi connectivity index (χ1v) is 9.16. The van der Waals surface area contributed by atoms with Crippen LogP contribution in [0.5, 0.6) is 0 Å². The van der Waals surface area contributed by atoms with Crippen molar-refractivity contribution in [2.24, 2.45) is 0 Å². The van der Waals surface area contributed by atoms with Gasteiger partial charge in [-0.3, -0.25) is 9.59 Å². The van der Waals surface area contributed by atoms with Crippen molar-refractivity contribution in [3.8, 4) is 0 Å². The number of piperazine rings is 1. The molecule has 0 saturated carbocycles. The minimum atomic E-state index is -0.131. The van der Waals surface area contributed by atoms with Gasteiger partial charge in [0, 0.05) is 6.04 Å². The average Bonchev–Trinajstić information content (AvgIpc) is 2.99. The normalized spacial score (nSPS) is 21.2. The summed E-state index contributed by atoms with van der Waals surface area (Å²) < 4.78 is 0. The lowest BCUT2D eigenvalue weighted by Crippen LogP contribution is -3.28. The van der Waals surface area contributed by atoms with E-state index >= 15 is 0 Å². The predicted molar refractivity (Wildman–Crippen MR) is 90.6 cm³/mol. The van der Waals surface area contributed by atoms with Crippen LogP contribution < -0.4 is 20.4 Å². The summed E-state index contributed by atoms with van der Waals surface area (Å²) in [6.45, 7) is 9.62. The van der Waals surface area contributed by atoms with Crippen LogP contribution in [-0.2, 0) is 16.1 Å². The van der Waals surface area contributed by atoms with Gasteiger partial charge in [-0.05, 0) is 25.3 Å². The number of nitrogens with one attached hydrogen (secondary N) is 4. The number of quaternary nitrogens is 2. The molecule has 7 heteroatoms. The van der Waals surface area contributed by atoms with Crippen LogP contribution in [0.25, 0.3) is 0 Å². The van der Waals surface area contributed by atoms with Crippen molar-refractivity contribution in [1.82, 2.24) is 10.6 Å². The molecule has 0 aromatic carbocycles. The lowest BCUT2D eigenvalue weighted by Gasteiger charge is -2.29. The van der Waals surface area contributed by atoms with Crippen molar-refractivity contribution in [2.45, 2.75) is 26.4 Å². The van der Waals surface area contributed by atoms with Gasteiger partial charge in [0.1, 0.15) is 32.7 Å². The molecule has 2 amide bonds. The summed E-state index contributed by atoms with van der Waals surface area (Å²) in [5, 5.41) is 7.59. The molecule has 0 aliphatic carbocycles. The van der Waals surface area contributed by atoms with Gasteiger partial charge in [-0.2, -0.15) is 0 Å². The van der Waals surface area contributed by atoms with E-state index in [0.29, 0.717) is 6.54 Å². The van der Waals surface area contributed by atoms with Gasteiger partial charge in [-0.15, -0.1) is 11.3 Å². The van der Waals surface area contributed by atoms with Crippen LogP contribution in [0.15, 0.2) is 17.5 Å². The van der Waals surface area contributed by atoms with Gasteiger partial charge in [0.15, 0.2) is 6.54 Å². The Morgan fingerprint density at radius 2 is 1.87 bits per heavy atom. The molecule has 1 aromatic heterocycles. The zero-order valence-corrected chi connectivity index (χ0v) is 14.8. The van der Waals surface area contributed by atoms with Gasteiger partial charge < -0.3 is 20.4 Å². The third kappa shape index (κ3) is 6.68. The summed E-state index contributed by atoms with van der Waals surface area (Å²) >= 11 is 1.81. The quantitative estimate of drug-likeness (QED) is 0.450. The second-order valence-corrected chi connectivity index (χ2v) is 7.46. The second-order valence-electron chi connectivity index (χ2n) is 6.43. The molecule has 0 unspecified atom stereocenters. The van der Waals surface area contributed by atoms with E-state index in [1.165, 1.54) is 9.78 Å². The van der Waals surface area contributed by atoms with E-state index in [1.807, 2.05) is 25.2 Å². The smallest absolute Gasteiger partial charge is 0.275 e. The Bertz CT molecular complexity index is 496. The molecule has 0 atom stereocenters. The molecule has 1 aromatic rings. The van der Waals surface area contributed by atoms with Gasteiger partial charge in [0.2, 0.25) is 5.91 Å². The first kappa shape index (κ1) is 17.9. The Morgan fingerprint density at radius 1 is 1.17 bits per heavy atom. The first-order chi connectivity index (χ1) is 11.0. The third-order valence-electron chi connectivity index (χ3n) is 3.97. The fourth-order valence-corrected chi connectivity index (χ4v) is 3.59. The molecular formula is C16H28N4O2S+2. The fraction of sp³-hybridized carbons (Fsp3) is 0.625. The summed E-state index contributed by atoms with van der Waals surface area (Å²) in [5.74, 6) is -0.172. The van der Waals surface area contributed by atoms with Gasteiger partial charge in [-0.1, -0.05) is 6.07 Å². The van der Waals surface area contributed by atoms with Gasteiger partial charge in [-0.25, -0.2) is 0 Å². The molecule has 0 bridgehead atoms. The van der Waals surface area contributed by atoms with Crippen LogP contribution in [0.2, 0.25) is 0 Å². The Kier molecular flexibility index (Phi) is 7.01. The summed E-state index contributed by atoms with van der Waals surface area (Å²) in [4.78, 5) is 27.8. The van der Waals surface area contributed by atoms with Crippen LogP contribution in [0.4, 0.5) is 0 Å². The van der Waals surface area contributed by atoms with Crippen molar-refractivity contribution >= 4 is 23.2 Å². The van der Waals surface area contributed by atoms with Crippen LogP contribution in [0, 0.1) is 0 Å². The molecule has 2 rings (SSSR count). The van der Waals surface area contributed by atoms with Crippen molar-refractivity contribution in [1.29, 1.82) is 0 Å². The number of carbonyl (C=O) groups excluding carboxylic acids is 2. The van der Waals surface area contributed by atoms with Crippen molar-refractivity contribution in [2.75, 3.05) is 39.3 Å². The number of carbonyl (C=O) groups is 2. The molecule has 2 heterocycles. The molecular weight excluding hydrogens is 312 g/mol. The molecule has 1 aliphatic heterocycles. The molecule has 0 spiro atoms. The predicted octanol–water partition coefficient (Wildman–Crippen LogP) is -2.33. The molecule has 1 fully saturated rings. The minimum absolute atomic E-state index is 0.0411. The minimum Gasteiger partial charge on any atom is -0.352 e. The van der Waals surface area contributed by atoms with E-state index in [2.05, 4.69) is 28.1 Å². The fourth-order valence-electron chi connectivity index (χ4n) is 2.81. The largest absolute Gasteiger partial charge is 0.352 e. The number of hydrogen-bond acceptors (Lipinski definition) is 3. The zero-order valence-electron chi connectivity index (χ0n) is 14.0. The lowest BCUT2D eigenvalue weighted by molar-refractivity contribution is -1.01. The number of thiophene rings is 1. The molecule has 128 valence electrons. The van der Waals surface area contributed by atoms with Crippen LogP contribution in [0.1, 0.15) is 18.7 Å². The van der Waals surface area contributed by atoms with E-state index in [-0.39, 0.29) is 24.4 Å². The van der Waals surface area contributed by atoms with Crippen molar-refractivity contribution in [3.63, 3.8) is 0 Å². The van der Waals surface area contributed by atoms with E-state index in [9.17, 15) is 9.59 Å². The van der Waals surface area contributed by atoms with Crippen LogP contribution in [0.3, 0.4) is 0 Å². The maximum Gasteiger partial charge on any atom is 0.275 e. The Balaban J connectivity index is 1.62. The highest BCUT2D eigenvalue weighted by atomic mass is 32.1. The monoisotopic (exact) mass is 340 g/mol. The summed E-state index contributed by atoms with van der Waals surface area (Å²) in [6.07, 6.45) is 0. The molecule has 1 aliphatic rings. The summed E-state index contributed by atoms with van der Waals surface area (Å²) in [7, 11) is 0. The Morgan fingerprint density at radius 3 is 2.48 bits per heavy atom. The van der Waals surface area contributed by atoms with Crippen molar-refractivity contribution < 1.29 is 19.4 Å². The van der Waals surface area contributed by atoms with Gasteiger partial charge in [0.25, 0.3) is 5.91 Å². The molecule has 0 radical (unpaired) electrons. The van der Waals surface area contributed by atoms with E-state index in [0.717, 1.165) is 32.7 Å². The Hall–Kier alpha value is -1.44. The second kappa shape index (κ2) is 9.00. The average molecular weight is 340 g/mol. The molecule has 6 nitrogen and oxygen atoms in total. The number of amides is 2. The summed E-state index contributed by atoms with van der Waals surface area (Å²) in [6, 6.07) is 4.39. The highest BCUT2D eigenvalue weighted by Gasteiger charge is 2.25. The highest BCUT2D eigenvalue weighted by molar-refractivity contribution is 7.09. The van der Waals surface area contributed by atoms with Crippen LogP contribution in [-0.4, -0.2) is 57.1 Å². The zero-order chi connectivity index (χ0) is 16.7. The molecule has 4 N–H and O–H groups in total. The SMILES string of the molecule is CC(C)NC(=O)CNC(=O)C[NH+]1CC[NH+](Cc2cccs2)CC1. The third-order valence-corrected chi connectivity index (χ3v) is 4.85. The standard InChI is InChI=1S/C16H26N4O2S/c1-13(2)18-15(21)10-17-16(22)12-20-7-5-19(6-8-20)11-14-4-3-9-23-14/h3-4,9,13H,5-8,10-12H2,1-2H3,(H,17,22)(H,18,21)/p+2. The summed E-state index contributed by atoms with van der Waals surface area (Å²) in [5.41, 5.74) is 0. The maximum absolute atomic E-state index is 11.9. The lowest BCUT2D eigenvalue weighted by atomic mass is 10.3. The molecule has 23 heavy (non-hydrogen) atoms. The van der Waals surface area contributed by atoms with Crippen molar-refractivity contribution in [3.05, 3.63) is 22.4 Å². The van der Waals surface area contributed by atoms with E-state index < -0.39 is 0 Å². The topological polar surface area (TPSA) is 67.1 Å². The molecule has 1 saturated heterocycles.